The zero-order valence-corrected chi connectivity index (χ0v) is 21.5. The molecule has 10 nitrogen and oxygen atoms in total. The summed E-state index contributed by atoms with van der Waals surface area (Å²) in [4.78, 5) is 51.1. The van der Waals surface area contributed by atoms with Crippen LogP contribution in [0, 0.1) is 17.8 Å². The number of hydrazine groups is 1. The zero-order valence-electron chi connectivity index (χ0n) is 21.5. The van der Waals surface area contributed by atoms with Crippen LogP contribution >= 0.6 is 0 Å². The first-order chi connectivity index (χ1) is 17.1. The van der Waals surface area contributed by atoms with Crippen molar-refractivity contribution < 1.29 is 28.7 Å². The van der Waals surface area contributed by atoms with Crippen LogP contribution in [0.1, 0.15) is 58.9 Å². The van der Waals surface area contributed by atoms with Crippen LogP contribution in [-0.2, 0) is 25.7 Å². The highest BCUT2D eigenvalue weighted by Crippen LogP contribution is 2.34. The van der Waals surface area contributed by atoms with Gasteiger partial charge in [-0.25, -0.2) is 14.6 Å². The van der Waals surface area contributed by atoms with Gasteiger partial charge in [-0.05, 0) is 36.2 Å². The average molecular weight is 503 g/mol. The Labute approximate surface area is 212 Å². The van der Waals surface area contributed by atoms with E-state index in [1.165, 1.54) is 5.01 Å². The fraction of sp³-hybridized carbons (Fsp3) is 0.615. The summed E-state index contributed by atoms with van der Waals surface area (Å²) in [7, 11) is 0. The smallest absolute Gasteiger partial charge is 0.426 e. The molecule has 0 aromatic heterocycles. The number of carbonyl (C=O) groups excluding carboxylic acids is 4. The Morgan fingerprint density at radius 3 is 2.36 bits per heavy atom. The normalized spacial score (nSPS) is 19.1. The molecule has 0 radical (unpaired) electrons. The number of nitrogens with one attached hydrogen (secondary N) is 3. The van der Waals surface area contributed by atoms with Gasteiger partial charge in [0.15, 0.2) is 0 Å². The van der Waals surface area contributed by atoms with Gasteiger partial charge in [0.25, 0.3) is 0 Å². The molecule has 1 aliphatic carbocycles. The van der Waals surface area contributed by atoms with Crippen LogP contribution in [-0.4, -0.2) is 53.7 Å². The van der Waals surface area contributed by atoms with E-state index >= 15 is 0 Å². The molecule has 1 aliphatic heterocycles. The number of hydrogen-bond donors (Lipinski definition) is 3. The van der Waals surface area contributed by atoms with E-state index in [4.69, 9.17) is 9.47 Å². The molecule has 1 saturated carbocycles. The van der Waals surface area contributed by atoms with Crippen molar-refractivity contribution in [3.63, 3.8) is 0 Å². The first-order valence-electron chi connectivity index (χ1n) is 12.7. The Morgan fingerprint density at radius 1 is 1.06 bits per heavy atom. The number of hydrogen-bond acceptors (Lipinski definition) is 7. The molecule has 3 N–H and O–H groups in total. The first kappa shape index (κ1) is 27.4. The fourth-order valence-corrected chi connectivity index (χ4v) is 4.00. The molecular weight excluding hydrogens is 464 g/mol. The number of ether oxygens (including phenoxy) is 2. The van der Waals surface area contributed by atoms with Crippen molar-refractivity contribution >= 4 is 23.9 Å². The van der Waals surface area contributed by atoms with Crippen LogP contribution in [0.2, 0.25) is 0 Å². The maximum absolute atomic E-state index is 13.3. The molecule has 36 heavy (non-hydrogen) atoms. The Bertz CT molecular complexity index is 918. The molecule has 3 rings (SSSR count). The predicted octanol–water partition coefficient (Wildman–Crippen LogP) is 3.12. The van der Waals surface area contributed by atoms with Crippen molar-refractivity contribution in [2.75, 3.05) is 6.54 Å². The lowest BCUT2D eigenvalue weighted by Gasteiger charge is -2.25. The molecule has 0 spiro atoms. The summed E-state index contributed by atoms with van der Waals surface area (Å²) < 4.78 is 10.5. The first-order valence-corrected chi connectivity index (χ1v) is 12.7. The van der Waals surface area contributed by atoms with E-state index in [1.54, 1.807) is 0 Å². The third-order valence-electron chi connectivity index (χ3n) is 5.97. The Hall–Kier alpha value is -3.14. The highest BCUT2D eigenvalue weighted by Gasteiger charge is 2.41. The molecule has 2 fully saturated rings. The lowest BCUT2D eigenvalue weighted by Crippen LogP contribution is -2.55. The van der Waals surface area contributed by atoms with Gasteiger partial charge in [0.1, 0.15) is 12.6 Å². The Morgan fingerprint density at radius 2 is 1.75 bits per heavy atom. The number of nitrogens with zero attached hydrogens (tertiary/aromatic N) is 1. The van der Waals surface area contributed by atoms with Crippen LogP contribution in [0.15, 0.2) is 30.3 Å². The van der Waals surface area contributed by atoms with E-state index < -0.39 is 42.2 Å². The van der Waals surface area contributed by atoms with Crippen molar-refractivity contribution in [2.45, 2.75) is 78.3 Å². The quantitative estimate of drug-likeness (QED) is 0.378. The molecular formula is C26H38N4O6. The lowest BCUT2D eigenvalue weighted by atomic mass is 10.0. The van der Waals surface area contributed by atoms with E-state index in [1.807, 2.05) is 58.0 Å². The SMILES string of the molecule is CC(C)C[C@H](NC(=O)OCc1ccccc1)C(=O)NC(CC1CC1)C(=O)C1NN(CC(C)C)C(=O)O1. The molecule has 10 heteroatoms. The van der Waals surface area contributed by atoms with E-state index in [9.17, 15) is 19.2 Å². The van der Waals surface area contributed by atoms with Crippen LogP contribution in [0.4, 0.5) is 9.59 Å². The lowest BCUT2D eigenvalue weighted by molar-refractivity contribution is -0.134. The largest absolute Gasteiger partial charge is 0.445 e. The van der Waals surface area contributed by atoms with Gasteiger partial charge in [-0.2, -0.15) is 5.43 Å². The zero-order chi connectivity index (χ0) is 26.2. The molecule has 0 bridgehead atoms. The topological polar surface area (TPSA) is 126 Å². The van der Waals surface area contributed by atoms with Gasteiger partial charge in [-0.1, -0.05) is 70.9 Å². The molecule has 2 aliphatic rings. The van der Waals surface area contributed by atoms with Crippen LogP contribution in [0.3, 0.4) is 0 Å². The molecule has 1 heterocycles. The van der Waals surface area contributed by atoms with Crippen molar-refractivity contribution in [1.29, 1.82) is 0 Å². The number of alkyl carbamates (subject to hydrolysis) is 1. The van der Waals surface area contributed by atoms with Gasteiger partial charge in [0, 0.05) is 6.54 Å². The van der Waals surface area contributed by atoms with Gasteiger partial charge in [0.05, 0.1) is 6.04 Å². The molecule has 198 valence electrons. The minimum atomic E-state index is -1.16. The maximum Gasteiger partial charge on any atom is 0.426 e. The van der Waals surface area contributed by atoms with Crippen molar-refractivity contribution in [2.24, 2.45) is 17.8 Å². The van der Waals surface area contributed by atoms with Crippen molar-refractivity contribution in [3.8, 4) is 0 Å². The summed E-state index contributed by atoms with van der Waals surface area (Å²) in [6.45, 7) is 8.26. The van der Waals surface area contributed by atoms with Crippen molar-refractivity contribution in [3.05, 3.63) is 35.9 Å². The Kier molecular flexibility index (Phi) is 9.69. The summed E-state index contributed by atoms with van der Waals surface area (Å²) in [5.41, 5.74) is 3.65. The number of amides is 3. The van der Waals surface area contributed by atoms with E-state index in [0.717, 1.165) is 18.4 Å². The second-order valence-electron chi connectivity index (χ2n) is 10.4. The van der Waals surface area contributed by atoms with E-state index in [-0.39, 0.29) is 18.4 Å². The van der Waals surface area contributed by atoms with Gasteiger partial charge in [0.2, 0.25) is 17.9 Å². The molecule has 1 saturated heterocycles. The second-order valence-corrected chi connectivity index (χ2v) is 10.4. The molecule has 1 aromatic carbocycles. The summed E-state index contributed by atoms with van der Waals surface area (Å²) in [5.74, 6) is -0.261. The third kappa shape index (κ3) is 8.51. The number of Topliss-reactive ketones (excluding diaryl/α,β-unsaturated/α-hetero) is 1. The molecule has 3 atom stereocenters. The highest BCUT2D eigenvalue weighted by atomic mass is 16.6. The van der Waals surface area contributed by atoms with Gasteiger partial charge >= 0.3 is 12.2 Å². The Balaban J connectivity index is 1.62. The van der Waals surface area contributed by atoms with Crippen molar-refractivity contribution in [1.82, 2.24) is 21.1 Å². The summed E-state index contributed by atoms with van der Waals surface area (Å²) in [6.07, 6.45) is 0.312. The molecule has 1 aromatic rings. The minimum Gasteiger partial charge on any atom is -0.445 e. The standard InChI is InChI=1S/C26H38N4O6/c1-16(2)12-21(28-25(33)35-15-19-8-6-5-7-9-19)23(32)27-20(13-18-10-11-18)22(31)24-29-30(14-17(3)4)26(34)36-24/h5-9,16-18,20-21,24,29H,10-15H2,1-4H3,(H,27,32)(H,28,33)/t20?,21-,24?/m0/s1. The molecule has 3 amide bonds. The molecule has 2 unspecified atom stereocenters. The van der Waals surface area contributed by atoms with Gasteiger partial charge < -0.3 is 20.1 Å². The van der Waals surface area contributed by atoms with Crippen LogP contribution in [0.5, 0.6) is 0 Å². The number of benzene rings is 1. The number of cyclic esters (lactones) is 1. The summed E-state index contributed by atoms with van der Waals surface area (Å²) in [6, 6.07) is 7.53. The number of rotatable bonds is 13. The predicted molar refractivity (Wildman–Crippen MR) is 132 cm³/mol. The average Bonchev–Trinajstić information content (AvgIpc) is 3.57. The highest BCUT2D eigenvalue weighted by molar-refractivity contribution is 5.95. The van der Waals surface area contributed by atoms with Crippen LogP contribution < -0.4 is 16.1 Å². The van der Waals surface area contributed by atoms with E-state index in [0.29, 0.717) is 25.3 Å². The monoisotopic (exact) mass is 502 g/mol. The van der Waals surface area contributed by atoms with Gasteiger partial charge in [-0.3, -0.25) is 9.59 Å². The number of ketones is 1. The minimum absolute atomic E-state index is 0.0804. The summed E-state index contributed by atoms with van der Waals surface area (Å²) >= 11 is 0. The second kappa shape index (κ2) is 12.7. The number of carbonyl (C=O) groups is 4. The third-order valence-corrected chi connectivity index (χ3v) is 5.97. The summed E-state index contributed by atoms with van der Waals surface area (Å²) in [5, 5.41) is 6.74. The van der Waals surface area contributed by atoms with Gasteiger partial charge in [-0.15, -0.1) is 0 Å². The van der Waals surface area contributed by atoms with E-state index in [2.05, 4.69) is 16.1 Å². The maximum atomic E-state index is 13.3. The fourth-order valence-electron chi connectivity index (χ4n) is 4.00. The van der Waals surface area contributed by atoms with Crippen LogP contribution in [0.25, 0.3) is 0 Å².